The number of benzene rings is 2. The van der Waals surface area contributed by atoms with E-state index in [0.717, 1.165) is 28.7 Å². The van der Waals surface area contributed by atoms with Gasteiger partial charge in [0.15, 0.2) is 0 Å². The molecule has 1 aliphatic heterocycles. The van der Waals surface area contributed by atoms with Crippen LogP contribution in [0.1, 0.15) is 61.0 Å². The van der Waals surface area contributed by atoms with Crippen LogP contribution in [0.4, 0.5) is 0 Å². The number of carboxylic acid groups (broad SMARTS) is 1. The van der Waals surface area contributed by atoms with Crippen LogP contribution in [0.5, 0.6) is 5.75 Å². The number of hydrogen-bond acceptors (Lipinski definition) is 4. The van der Waals surface area contributed by atoms with Crippen LogP contribution in [-0.4, -0.2) is 22.2 Å². The van der Waals surface area contributed by atoms with E-state index >= 15 is 0 Å². The Balaban J connectivity index is 2.02. The molecule has 0 saturated heterocycles. The van der Waals surface area contributed by atoms with Gasteiger partial charge in [-0.05, 0) is 55.0 Å². The third-order valence-electron chi connectivity index (χ3n) is 5.16. The molecule has 0 unspecified atom stereocenters. The highest BCUT2D eigenvalue weighted by Crippen LogP contribution is 2.38. The average molecular weight is 366 g/mol. The van der Waals surface area contributed by atoms with Gasteiger partial charge in [-0.1, -0.05) is 31.2 Å². The number of aromatic carboxylic acids is 1. The van der Waals surface area contributed by atoms with Gasteiger partial charge in [0.1, 0.15) is 17.9 Å². The van der Waals surface area contributed by atoms with E-state index in [4.69, 9.17) is 4.74 Å². The minimum atomic E-state index is -0.980. The van der Waals surface area contributed by atoms with Gasteiger partial charge in [0, 0.05) is 11.1 Å². The van der Waals surface area contributed by atoms with Gasteiger partial charge in [-0.2, -0.15) is 0 Å². The zero-order valence-corrected chi connectivity index (χ0v) is 15.6. The van der Waals surface area contributed by atoms with E-state index < -0.39 is 11.9 Å². The molecule has 0 saturated carbocycles. The Hall–Kier alpha value is -3.08. The van der Waals surface area contributed by atoms with E-state index in [0.29, 0.717) is 17.5 Å². The molecule has 2 aromatic carbocycles. The number of rotatable bonds is 5. The number of fused-ring (bicyclic) bond motifs is 1. The fraction of sp³-hybridized carbons (Fsp3) is 0.273. The van der Waals surface area contributed by atoms with E-state index in [2.05, 4.69) is 0 Å². The molecule has 2 aromatic rings. The van der Waals surface area contributed by atoms with E-state index in [-0.39, 0.29) is 23.5 Å². The number of aryl methyl sites for hydroxylation is 1. The Morgan fingerprint density at radius 2 is 2.00 bits per heavy atom. The lowest BCUT2D eigenvalue weighted by molar-refractivity contribution is 0.0532. The van der Waals surface area contributed by atoms with Crippen molar-refractivity contribution in [1.29, 1.82) is 0 Å². The molecular formula is C22H22O5. The van der Waals surface area contributed by atoms with E-state index in [1.165, 1.54) is 0 Å². The molecule has 0 aromatic heterocycles. The first-order valence-corrected chi connectivity index (χ1v) is 8.89. The van der Waals surface area contributed by atoms with Crippen molar-refractivity contribution < 1.29 is 24.5 Å². The van der Waals surface area contributed by atoms with Gasteiger partial charge in [-0.25, -0.2) is 9.59 Å². The highest BCUT2D eigenvalue weighted by molar-refractivity contribution is 5.97. The second-order valence-corrected chi connectivity index (χ2v) is 6.66. The van der Waals surface area contributed by atoms with Crippen LogP contribution in [0.25, 0.3) is 6.08 Å². The van der Waals surface area contributed by atoms with Crippen LogP contribution >= 0.6 is 0 Å². The molecule has 0 aliphatic carbocycles. The summed E-state index contributed by atoms with van der Waals surface area (Å²) in [7, 11) is 0. The molecule has 0 bridgehead atoms. The summed E-state index contributed by atoms with van der Waals surface area (Å²) in [6.45, 7) is 6.00. The lowest BCUT2D eigenvalue weighted by atomic mass is 9.89. The van der Waals surface area contributed by atoms with Crippen molar-refractivity contribution in [3.05, 3.63) is 68.8 Å². The number of esters is 1. The summed E-state index contributed by atoms with van der Waals surface area (Å²) in [6.07, 6.45) is 4.70. The fourth-order valence-corrected chi connectivity index (χ4v) is 3.72. The molecule has 0 atom stereocenters. The Bertz CT molecular complexity index is 969. The number of allylic oxidation sites excluding steroid dienone is 1. The summed E-state index contributed by atoms with van der Waals surface area (Å²) in [6, 6.07) is 5.14. The molecule has 140 valence electrons. The second kappa shape index (κ2) is 7.27. The maximum absolute atomic E-state index is 12.0. The minimum absolute atomic E-state index is 0.0251. The summed E-state index contributed by atoms with van der Waals surface area (Å²) >= 11 is 0. The third kappa shape index (κ3) is 3.21. The first-order chi connectivity index (χ1) is 12.9. The number of carbonyl (C=O) groups is 2. The lowest BCUT2D eigenvalue weighted by Gasteiger charge is -2.15. The molecule has 27 heavy (non-hydrogen) atoms. The molecular weight excluding hydrogens is 344 g/mol. The fourth-order valence-electron chi connectivity index (χ4n) is 3.72. The normalized spacial score (nSPS) is 13.1. The number of ether oxygens (including phenoxy) is 1. The van der Waals surface area contributed by atoms with Crippen molar-refractivity contribution in [1.82, 2.24) is 0 Å². The quantitative estimate of drug-likeness (QED) is 0.775. The molecule has 5 nitrogen and oxygen atoms in total. The molecule has 3 rings (SSSR count). The van der Waals surface area contributed by atoms with Gasteiger partial charge >= 0.3 is 11.9 Å². The molecule has 1 aliphatic rings. The minimum Gasteiger partial charge on any atom is -0.507 e. The highest BCUT2D eigenvalue weighted by atomic mass is 16.5. The van der Waals surface area contributed by atoms with E-state index in [1.54, 1.807) is 18.2 Å². The topological polar surface area (TPSA) is 83.8 Å². The molecule has 0 radical (unpaired) electrons. The number of cyclic esters (lactones) is 1. The summed E-state index contributed by atoms with van der Waals surface area (Å²) in [5, 5.41) is 20.1. The van der Waals surface area contributed by atoms with Crippen molar-refractivity contribution in [2.24, 2.45) is 0 Å². The average Bonchev–Trinajstić information content (AvgIpc) is 3.02. The summed E-state index contributed by atoms with van der Waals surface area (Å²) in [5.74, 6) is -1.50. The summed E-state index contributed by atoms with van der Waals surface area (Å²) < 4.78 is 5.09. The number of phenolic OH excluding ortho intramolecular Hbond substituents is 1. The van der Waals surface area contributed by atoms with Crippen LogP contribution in [0.2, 0.25) is 0 Å². The van der Waals surface area contributed by atoms with Crippen LogP contribution in [0.3, 0.4) is 0 Å². The molecule has 2 N–H and O–H groups in total. The third-order valence-corrected chi connectivity index (χ3v) is 5.16. The van der Waals surface area contributed by atoms with Crippen molar-refractivity contribution >= 4 is 18.0 Å². The monoisotopic (exact) mass is 366 g/mol. The number of carboxylic acids is 1. The first-order valence-electron chi connectivity index (χ1n) is 8.89. The number of carbonyl (C=O) groups excluding carboxylic acids is 1. The van der Waals surface area contributed by atoms with Crippen LogP contribution in [0.15, 0.2) is 24.3 Å². The van der Waals surface area contributed by atoms with Crippen LogP contribution in [0, 0.1) is 13.8 Å². The smallest absolute Gasteiger partial charge is 0.342 e. The largest absolute Gasteiger partial charge is 0.507 e. The highest BCUT2D eigenvalue weighted by Gasteiger charge is 2.30. The van der Waals surface area contributed by atoms with Crippen molar-refractivity contribution in [2.75, 3.05) is 0 Å². The zero-order valence-electron chi connectivity index (χ0n) is 15.6. The van der Waals surface area contributed by atoms with Gasteiger partial charge in [0.25, 0.3) is 0 Å². The van der Waals surface area contributed by atoms with Gasteiger partial charge in [0.2, 0.25) is 0 Å². The Morgan fingerprint density at radius 1 is 1.26 bits per heavy atom. The van der Waals surface area contributed by atoms with Gasteiger partial charge in [-0.15, -0.1) is 0 Å². The number of hydrogen-bond donors (Lipinski definition) is 2. The summed E-state index contributed by atoms with van der Waals surface area (Å²) in [5.41, 5.74) is 5.41. The Labute approximate surface area is 157 Å². The first kappa shape index (κ1) is 18.7. The number of phenols is 1. The SMILES string of the molecule is CCc1c(C)c2c(c(O)c1C/C=C/c1c(C)cccc1C(=O)O)C(=O)OC2. The maximum Gasteiger partial charge on any atom is 0.342 e. The predicted octanol–water partition coefficient (Wildman–Crippen LogP) is 4.20. The van der Waals surface area contributed by atoms with Crippen molar-refractivity contribution in [3.8, 4) is 5.75 Å². The number of aromatic hydroxyl groups is 1. The van der Waals surface area contributed by atoms with Crippen molar-refractivity contribution in [2.45, 2.75) is 40.2 Å². The molecule has 0 spiro atoms. The summed E-state index contributed by atoms with van der Waals surface area (Å²) in [4.78, 5) is 23.4. The van der Waals surface area contributed by atoms with Gasteiger partial charge in [0.05, 0.1) is 5.56 Å². The zero-order chi connectivity index (χ0) is 19.7. The molecule has 5 heteroatoms. The van der Waals surface area contributed by atoms with Crippen LogP contribution in [-0.2, 0) is 24.2 Å². The molecule has 0 amide bonds. The van der Waals surface area contributed by atoms with Crippen molar-refractivity contribution in [3.63, 3.8) is 0 Å². The Kier molecular flexibility index (Phi) is 5.04. The van der Waals surface area contributed by atoms with Crippen LogP contribution < -0.4 is 0 Å². The lowest BCUT2D eigenvalue weighted by Crippen LogP contribution is -2.04. The van der Waals surface area contributed by atoms with E-state index in [9.17, 15) is 19.8 Å². The van der Waals surface area contributed by atoms with Gasteiger partial charge < -0.3 is 14.9 Å². The van der Waals surface area contributed by atoms with E-state index in [1.807, 2.05) is 32.9 Å². The maximum atomic E-state index is 12.0. The molecule has 0 fully saturated rings. The standard InChI is InChI=1S/C22H22O5/c1-4-14-13(3)18-11-27-22(26)19(18)20(23)16(14)9-6-8-15-12(2)7-5-10-17(15)21(24)25/h5-8,10,23H,4,9,11H2,1-3H3,(H,24,25)/b8-6+. The Morgan fingerprint density at radius 3 is 2.67 bits per heavy atom. The predicted molar refractivity (Wildman–Crippen MR) is 102 cm³/mol. The second-order valence-electron chi connectivity index (χ2n) is 6.66. The molecule has 1 heterocycles. The van der Waals surface area contributed by atoms with Gasteiger partial charge in [-0.3, -0.25) is 0 Å².